The van der Waals surface area contributed by atoms with Gasteiger partial charge in [-0.05, 0) is 43.4 Å². The van der Waals surface area contributed by atoms with E-state index in [1.165, 1.54) is 12.8 Å². The van der Waals surface area contributed by atoms with E-state index in [2.05, 4.69) is 0 Å². The van der Waals surface area contributed by atoms with E-state index in [4.69, 9.17) is 16.6 Å². The molecule has 2 aliphatic carbocycles. The van der Waals surface area contributed by atoms with E-state index < -0.39 is 30.3 Å². The molecule has 6 nitrogen and oxygen atoms in total. The summed E-state index contributed by atoms with van der Waals surface area (Å²) in [4.78, 5) is 34.5. The van der Waals surface area contributed by atoms with Crippen molar-refractivity contribution in [1.29, 1.82) is 0 Å². The van der Waals surface area contributed by atoms with Crippen LogP contribution < -0.4 is 11.5 Å². The smallest absolute Gasteiger partial charge is 0.305 e. The average Bonchev–Trinajstić information content (AvgIpc) is 2.97. The number of hydrogen-bond acceptors (Lipinski definition) is 5. The Hall–Kier alpha value is -1.27. The summed E-state index contributed by atoms with van der Waals surface area (Å²) < 4.78 is 0. The van der Waals surface area contributed by atoms with Crippen LogP contribution in [0.1, 0.15) is 51.4 Å². The predicted molar refractivity (Wildman–Crippen MR) is 76.5 cm³/mol. The molecule has 5 N–H and O–H groups in total. The Morgan fingerprint density at radius 3 is 2.10 bits per heavy atom. The number of ketones is 2. The molecule has 0 saturated heterocycles. The molecule has 1 unspecified atom stereocenters. The van der Waals surface area contributed by atoms with E-state index in [0.29, 0.717) is 6.42 Å². The van der Waals surface area contributed by atoms with Crippen LogP contribution in [0, 0.1) is 11.3 Å². The molecule has 2 aliphatic rings. The van der Waals surface area contributed by atoms with Crippen molar-refractivity contribution in [1.82, 2.24) is 0 Å². The Kier molecular flexibility index (Phi) is 4.78. The lowest BCUT2D eigenvalue weighted by molar-refractivity contribution is -0.139. The summed E-state index contributed by atoms with van der Waals surface area (Å²) in [7, 11) is 0. The average molecular weight is 296 g/mol. The summed E-state index contributed by atoms with van der Waals surface area (Å²) in [5.74, 6) is -0.905. The Balaban J connectivity index is 1.82. The number of aliphatic carboxylic acids is 1. The third kappa shape index (κ3) is 3.89. The largest absolute Gasteiger partial charge is 0.481 e. The molecule has 2 atom stereocenters. The second-order valence-electron chi connectivity index (χ2n) is 6.77. The van der Waals surface area contributed by atoms with Crippen LogP contribution in [0.25, 0.3) is 0 Å². The molecule has 0 heterocycles. The first-order valence-corrected chi connectivity index (χ1v) is 7.60. The van der Waals surface area contributed by atoms with Crippen molar-refractivity contribution in [3.8, 4) is 0 Å². The molecule has 2 fully saturated rings. The number of carboxylic acid groups (broad SMARTS) is 1. The minimum atomic E-state index is -1.13. The molecule has 0 aromatic heterocycles. The molecular formula is C15H24N2O4. The zero-order valence-corrected chi connectivity index (χ0v) is 12.2. The van der Waals surface area contributed by atoms with Gasteiger partial charge in [0.15, 0.2) is 11.6 Å². The molecule has 0 spiro atoms. The van der Waals surface area contributed by atoms with Crippen molar-refractivity contribution in [2.24, 2.45) is 22.8 Å². The van der Waals surface area contributed by atoms with Crippen LogP contribution in [-0.4, -0.2) is 34.7 Å². The maximum Gasteiger partial charge on any atom is 0.305 e. The van der Waals surface area contributed by atoms with Crippen LogP contribution in [0.4, 0.5) is 0 Å². The maximum atomic E-state index is 12.2. The standard InChI is InChI=1S/C15H24N2O4/c16-10(5-12(18)11(17)6-14(20)21)13(19)8-15-3-1-9(7-15)2-4-15/h9-11H,1-8,16-17H2,(H,20,21)/t9?,10?,11-,15?/m0/s1. The quantitative estimate of drug-likeness (QED) is 0.603. The summed E-state index contributed by atoms with van der Waals surface area (Å²) >= 11 is 0. The lowest BCUT2D eigenvalue weighted by Crippen LogP contribution is -2.41. The van der Waals surface area contributed by atoms with Crippen molar-refractivity contribution in [2.75, 3.05) is 0 Å². The number of carboxylic acids is 1. The highest BCUT2D eigenvalue weighted by Gasteiger charge is 2.46. The lowest BCUT2D eigenvalue weighted by Gasteiger charge is -2.27. The van der Waals surface area contributed by atoms with E-state index >= 15 is 0 Å². The molecule has 0 aliphatic heterocycles. The van der Waals surface area contributed by atoms with Gasteiger partial charge in [0, 0.05) is 12.8 Å². The first-order valence-electron chi connectivity index (χ1n) is 7.60. The van der Waals surface area contributed by atoms with Crippen molar-refractivity contribution >= 4 is 17.5 Å². The van der Waals surface area contributed by atoms with Crippen molar-refractivity contribution in [3.63, 3.8) is 0 Å². The summed E-state index contributed by atoms with van der Waals surface area (Å²) in [6.45, 7) is 0. The fourth-order valence-electron chi connectivity index (χ4n) is 3.84. The summed E-state index contributed by atoms with van der Waals surface area (Å²) in [5, 5.41) is 8.61. The molecule has 0 radical (unpaired) electrons. The van der Waals surface area contributed by atoms with Gasteiger partial charge >= 0.3 is 5.97 Å². The van der Waals surface area contributed by atoms with Gasteiger partial charge in [-0.2, -0.15) is 0 Å². The van der Waals surface area contributed by atoms with Crippen LogP contribution in [0.5, 0.6) is 0 Å². The highest BCUT2D eigenvalue weighted by Crippen LogP contribution is 2.56. The zero-order chi connectivity index (χ0) is 15.6. The third-order valence-electron chi connectivity index (χ3n) is 5.08. The topological polar surface area (TPSA) is 123 Å². The number of fused-ring (bicyclic) bond motifs is 2. The van der Waals surface area contributed by atoms with E-state index in [0.717, 1.165) is 25.2 Å². The normalized spacial score (nSPS) is 30.1. The first-order chi connectivity index (χ1) is 9.81. The van der Waals surface area contributed by atoms with Crippen LogP contribution in [0.15, 0.2) is 0 Å². The monoisotopic (exact) mass is 296 g/mol. The predicted octanol–water partition coefficient (Wildman–Crippen LogP) is 0.614. The van der Waals surface area contributed by atoms with Gasteiger partial charge in [-0.25, -0.2) is 0 Å². The Bertz CT molecular complexity index is 441. The van der Waals surface area contributed by atoms with E-state index in [1.54, 1.807) is 0 Å². The SMILES string of the molecule is NC(CC(=O)[C@@H](N)CC(=O)O)C(=O)CC12CCC(CC1)C2. The van der Waals surface area contributed by atoms with Gasteiger partial charge in [-0.1, -0.05) is 0 Å². The van der Waals surface area contributed by atoms with Crippen LogP contribution in [0.2, 0.25) is 0 Å². The first kappa shape index (κ1) is 16.1. The fourth-order valence-corrected chi connectivity index (χ4v) is 3.84. The van der Waals surface area contributed by atoms with Gasteiger partial charge in [-0.15, -0.1) is 0 Å². The van der Waals surface area contributed by atoms with Crippen LogP contribution >= 0.6 is 0 Å². The Labute approximate surface area is 124 Å². The van der Waals surface area contributed by atoms with Crippen molar-refractivity contribution in [2.45, 2.75) is 63.5 Å². The molecule has 21 heavy (non-hydrogen) atoms. The van der Waals surface area contributed by atoms with Crippen molar-refractivity contribution in [3.05, 3.63) is 0 Å². The van der Waals surface area contributed by atoms with Gasteiger partial charge in [0.05, 0.1) is 18.5 Å². The van der Waals surface area contributed by atoms with E-state index in [-0.39, 0.29) is 17.6 Å². The number of carbonyl (C=O) groups is 3. The van der Waals surface area contributed by atoms with Gasteiger partial charge in [-0.3, -0.25) is 14.4 Å². The fraction of sp³-hybridized carbons (Fsp3) is 0.800. The minimum absolute atomic E-state index is 0.0894. The zero-order valence-electron chi connectivity index (χ0n) is 12.2. The highest BCUT2D eigenvalue weighted by atomic mass is 16.4. The van der Waals surface area contributed by atoms with Crippen LogP contribution in [-0.2, 0) is 14.4 Å². The van der Waals surface area contributed by atoms with Crippen LogP contribution in [0.3, 0.4) is 0 Å². The second kappa shape index (κ2) is 6.23. The second-order valence-corrected chi connectivity index (χ2v) is 6.77. The number of nitrogens with two attached hydrogens (primary N) is 2. The molecule has 0 amide bonds. The molecule has 0 aromatic rings. The molecular weight excluding hydrogens is 272 g/mol. The summed E-state index contributed by atoms with van der Waals surface area (Å²) in [6, 6.07) is -1.94. The molecule has 6 heteroatoms. The summed E-state index contributed by atoms with van der Waals surface area (Å²) in [6.07, 6.45) is 5.54. The molecule has 0 aromatic carbocycles. The van der Waals surface area contributed by atoms with E-state index in [1.807, 2.05) is 0 Å². The molecule has 2 bridgehead atoms. The van der Waals surface area contributed by atoms with Gasteiger partial charge in [0.2, 0.25) is 0 Å². The van der Waals surface area contributed by atoms with Crippen molar-refractivity contribution < 1.29 is 19.5 Å². The Morgan fingerprint density at radius 1 is 1.05 bits per heavy atom. The maximum absolute atomic E-state index is 12.2. The van der Waals surface area contributed by atoms with E-state index in [9.17, 15) is 14.4 Å². The van der Waals surface area contributed by atoms with Gasteiger partial charge in [0.1, 0.15) is 0 Å². The molecule has 118 valence electrons. The third-order valence-corrected chi connectivity index (χ3v) is 5.08. The number of carbonyl (C=O) groups excluding carboxylic acids is 2. The number of rotatable bonds is 8. The molecule has 2 saturated carbocycles. The lowest BCUT2D eigenvalue weighted by atomic mass is 9.78. The minimum Gasteiger partial charge on any atom is -0.481 e. The Morgan fingerprint density at radius 2 is 1.62 bits per heavy atom. The molecule has 2 rings (SSSR count). The van der Waals surface area contributed by atoms with Gasteiger partial charge in [0.25, 0.3) is 0 Å². The summed E-state index contributed by atoms with van der Waals surface area (Å²) in [5.41, 5.74) is 11.4. The number of Topliss-reactive ketones (excluding diaryl/α,β-unsaturated/α-hetero) is 2. The van der Waals surface area contributed by atoms with Gasteiger partial charge < -0.3 is 16.6 Å². The highest BCUT2D eigenvalue weighted by molar-refractivity contribution is 5.94. The number of hydrogen-bond donors (Lipinski definition) is 3.